The molecule has 114 valence electrons. The minimum absolute atomic E-state index is 0.0493. The molecular formula is C11H16N6O3S. The molecule has 0 aromatic carbocycles. The maximum absolute atomic E-state index is 12.4. The first kappa shape index (κ1) is 15.2. The van der Waals surface area contributed by atoms with Crippen molar-refractivity contribution in [3.05, 3.63) is 24.4 Å². The van der Waals surface area contributed by atoms with E-state index in [9.17, 15) is 13.2 Å². The van der Waals surface area contributed by atoms with Crippen molar-refractivity contribution >= 4 is 27.4 Å². The van der Waals surface area contributed by atoms with Gasteiger partial charge in [0.1, 0.15) is 5.65 Å². The quantitative estimate of drug-likeness (QED) is 0.308. The summed E-state index contributed by atoms with van der Waals surface area (Å²) in [7, 11) is -3.83. The lowest BCUT2D eigenvalue weighted by atomic mass is 10.5. The first-order valence-electron chi connectivity index (χ1n) is 6.13. The van der Waals surface area contributed by atoms with E-state index in [4.69, 9.17) is 5.84 Å². The van der Waals surface area contributed by atoms with Crippen LogP contribution in [0.25, 0.3) is 5.65 Å². The van der Waals surface area contributed by atoms with Crippen molar-refractivity contribution in [2.45, 2.75) is 11.9 Å². The molecular weight excluding hydrogens is 296 g/mol. The van der Waals surface area contributed by atoms with E-state index in [1.165, 1.54) is 11.3 Å². The number of carbonyl (C=O) groups excluding carboxylic acids is 1. The zero-order valence-corrected chi connectivity index (χ0v) is 12.1. The Kier molecular flexibility index (Phi) is 4.40. The number of anilines is 1. The Bertz CT molecular complexity index is 754. The van der Waals surface area contributed by atoms with Crippen molar-refractivity contribution in [2.24, 2.45) is 5.84 Å². The third kappa shape index (κ3) is 3.29. The van der Waals surface area contributed by atoms with Gasteiger partial charge in [0.2, 0.25) is 5.91 Å². The summed E-state index contributed by atoms with van der Waals surface area (Å²) < 4.78 is 28.5. The van der Waals surface area contributed by atoms with Crippen LogP contribution in [-0.4, -0.2) is 36.8 Å². The first-order valence-corrected chi connectivity index (χ1v) is 7.62. The highest BCUT2D eigenvalue weighted by molar-refractivity contribution is 7.89. The molecule has 0 saturated heterocycles. The lowest BCUT2D eigenvalue weighted by Crippen LogP contribution is -2.34. The summed E-state index contributed by atoms with van der Waals surface area (Å²) in [5.41, 5.74) is 2.73. The molecule has 2 heterocycles. The second kappa shape index (κ2) is 6.08. The van der Waals surface area contributed by atoms with E-state index in [1.54, 1.807) is 24.4 Å². The van der Waals surface area contributed by atoms with Gasteiger partial charge in [-0.05, 0) is 12.1 Å². The van der Waals surface area contributed by atoms with Crippen molar-refractivity contribution in [2.75, 3.05) is 18.5 Å². The van der Waals surface area contributed by atoms with Crippen LogP contribution in [0, 0.1) is 0 Å². The van der Waals surface area contributed by atoms with Gasteiger partial charge < -0.3 is 10.7 Å². The predicted molar refractivity (Wildman–Crippen MR) is 76.9 cm³/mol. The molecule has 0 aliphatic rings. The van der Waals surface area contributed by atoms with Gasteiger partial charge in [0.25, 0.3) is 10.0 Å². The van der Waals surface area contributed by atoms with E-state index in [2.05, 4.69) is 20.4 Å². The Morgan fingerprint density at radius 3 is 2.81 bits per heavy atom. The van der Waals surface area contributed by atoms with Gasteiger partial charge in [0, 0.05) is 26.2 Å². The molecule has 1 amide bonds. The van der Waals surface area contributed by atoms with Crippen LogP contribution in [0.2, 0.25) is 0 Å². The van der Waals surface area contributed by atoms with Crippen molar-refractivity contribution in [3.8, 4) is 0 Å². The van der Waals surface area contributed by atoms with Crippen LogP contribution in [0.4, 0.5) is 5.82 Å². The summed E-state index contributed by atoms with van der Waals surface area (Å²) >= 11 is 0. The standard InChI is InChI=1S/C11H16N6O3S/c1-8(18)13-5-6-14-21(19,20)11-10(16-12)15-9-4-2-3-7-17(9)11/h2-4,7,14,16H,5-6,12H2,1H3,(H,13,18). The molecule has 0 aliphatic carbocycles. The summed E-state index contributed by atoms with van der Waals surface area (Å²) in [5, 5.41) is 2.42. The monoisotopic (exact) mass is 312 g/mol. The average molecular weight is 312 g/mol. The van der Waals surface area contributed by atoms with Crippen LogP contribution < -0.4 is 21.3 Å². The molecule has 21 heavy (non-hydrogen) atoms. The number of nitrogens with two attached hydrogens (primary N) is 1. The first-order chi connectivity index (χ1) is 9.95. The number of nitrogens with zero attached hydrogens (tertiary/aromatic N) is 2. The maximum Gasteiger partial charge on any atom is 0.260 e. The normalized spacial score (nSPS) is 11.5. The number of hydrogen-bond acceptors (Lipinski definition) is 6. The Labute approximate surface area is 121 Å². The molecule has 0 saturated carbocycles. The number of aromatic nitrogens is 2. The molecule has 0 unspecified atom stereocenters. The van der Waals surface area contributed by atoms with Gasteiger partial charge in [-0.1, -0.05) is 6.07 Å². The summed E-state index contributed by atoms with van der Waals surface area (Å²) in [6.07, 6.45) is 1.57. The number of hydrazine groups is 1. The molecule has 2 rings (SSSR count). The van der Waals surface area contributed by atoms with Gasteiger partial charge in [-0.25, -0.2) is 24.0 Å². The van der Waals surface area contributed by atoms with Crippen molar-refractivity contribution in [1.82, 2.24) is 19.4 Å². The predicted octanol–water partition coefficient (Wildman–Crippen LogP) is -0.966. The Balaban J connectivity index is 2.29. The SMILES string of the molecule is CC(=O)NCCNS(=O)(=O)c1c(NN)nc2ccccn12. The molecule has 0 fully saturated rings. The van der Waals surface area contributed by atoms with E-state index in [0.29, 0.717) is 5.65 Å². The largest absolute Gasteiger partial charge is 0.355 e. The number of imidazole rings is 1. The molecule has 0 radical (unpaired) electrons. The van der Waals surface area contributed by atoms with E-state index < -0.39 is 10.0 Å². The van der Waals surface area contributed by atoms with Gasteiger partial charge in [-0.15, -0.1) is 0 Å². The number of amides is 1. The van der Waals surface area contributed by atoms with Gasteiger partial charge in [0.15, 0.2) is 10.8 Å². The van der Waals surface area contributed by atoms with E-state index in [1.807, 2.05) is 0 Å². The highest BCUT2D eigenvalue weighted by atomic mass is 32.2. The zero-order valence-electron chi connectivity index (χ0n) is 11.3. The number of pyridine rings is 1. The van der Waals surface area contributed by atoms with Crippen LogP contribution in [0.15, 0.2) is 29.4 Å². The second-order valence-electron chi connectivity index (χ2n) is 4.22. The van der Waals surface area contributed by atoms with Crippen LogP contribution in [0.1, 0.15) is 6.92 Å². The Morgan fingerprint density at radius 1 is 1.38 bits per heavy atom. The molecule has 5 N–H and O–H groups in total. The summed E-state index contributed by atoms with van der Waals surface area (Å²) in [6.45, 7) is 1.61. The van der Waals surface area contributed by atoms with Gasteiger partial charge in [-0.2, -0.15) is 0 Å². The van der Waals surface area contributed by atoms with Crippen molar-refractivity contribution in [3.63, 3.8) is 0 Å². The number of nitrogen functional groups attached to an aromatic ring is 1. The highest BCUT2D eigenvalue weighted by Gasteiger charge is 2.24. The third-order valence-electron chi connectivity index (χ3n) is 2.67. The van der Waals surface area contributed by atoms with Gasteiger partial charge in [0.05, 0.1) is 0 Å². The van der Waals surface area contributed by atoms with Crippen LogP contribution in [0.5, 0.6) is 0 Å². The van der Waals surface area contributed by atoms with E-state index >= 15 is 0 Å². The molecule has 2 aromatic rings. The summed E-state index contributed by atoms with van der Waals surface area (Å²) in [5.74, 6) is 5.15. The van der Waals surface area contributed by atoms with Crippen molar-refractivity contribution < 1.29 is 13.2 Å². The molecule has 9 nitrogen and oxygen atoms in total. The molecule has 2 aromatic heterocycles. The lowest BCUT2D eigenvalue weighted by Gasteiger charge is -2.08. The fourth-order valence-corrected chi connectivity index (χ4v) is 3.10. The van der Waals surface area contributed by atoms with Crippen LogP contribution in [0.3, 0.4) is 0 Å². The average Bonchev–Trinajstić information content (AvgIpc) is 2.82. The fourth-order valence-electron chi connectivity index (χ4n) is 1.82. The number of hydrogen-bond donors (Lipinski definition) is 4. The summed E-state index contributed by atoms with van der Waals surface area (Å²) in [4.78, 5) is 14.8. The minimum atomic E-state index is -3.83. The smallest absolute Gasteiger partial charge is 0.260 e. The Morgan fingerprint density at radius 2 is 2.14 bits per heavy atom. The highest BCUT2D eigenvalue weighted by Crippen LogP contribution is 2.21. The number of nitrogens with one attached hydrogen (secondary N) is 3. The van der Waals surface area contributed by atoms with Crippen molar-refractivity contribution in [1.29, 1.82) is 0 Å². The number of rotatable bonds is 6. The van der Waals surface area contributed by atoms with Gasteiger partial charge >= 0.3 is 0 Å². The number of fused-ring (bicyclic) bond motifs is 1. The minimum Gasteiger partial charge on any atom is -0.355 e. The maximum atomic E-state index is 12.4. The molecule has 0 aliphatic heterocycles. The number of carbonyl (C=O) groups is 1. The van der Waals surface area contributed by atoms with Gasteiger partial charge in [-0.3, -0.25) is 9.20 Å². The lowest BCUT2D eigenvalue weighted by molar-refractivity contribution is -0.118. The molecule has 0 atom stereocenters. The Hall–Kier alpha value is -2.17. The zero-order chi connectivity index (χ0) is 15.5. The van der Waals surface area contributed by atoms with Crippen LogP contribution in [-0.2, 0) is 14.8 Å². The molecule has 0 spiro atoms. The topological polar surface area (TPSA) is 131 Å². The third-order valence-corrected chi connectivity index (χ3v) is 4.15. The van der Waals surface area contributed by atoms with E-state index in [-0.39, 0.29) is 29.8 Å². The fraction of sp³-hybridized carbons (Fsp3) is 0.273. The molecule has 10 heteroatoms. The van der Waals surface area contributed by atoms with E-state index in [0.717, 1.165) is 0 Å². The number of sulfonamides is 1. The summed E-state index contributed by atoms with van der Waals surface area (Å²) in [6, 6.07) is 5.09. The molecule has 0 bridgehead atoms. The second-order valence-corrected chi connectivity index (χ2v) is 5.90. The van der Waals surface area contributed by atoms with Crippen LogP contribution >= 0.6 is 0 Å².